The van der Waals surface area contributed by atoms with Crippen molar-refractivity contribution in [1.29, 1.82) is 0 Å². The Kier molecular flexibility index (Phi) is 1.99. The fraction of sp³-hybridized carbons (Fsp3) is 0.700. The van der Waals surface area contributed by atoms with Crippen molar-refractivity contribution < 1.29 is 0 Å². The first-order chi connectivity index (χ1) is 6.78. The Morgan fingerprint density at radius 3 is 2.93 bits per heavy atom. The lowest BCUT2D eigenvalue weighted by atomic mass is 10.1. The third kappa shape index (κ3) is 1.43. The quantitative estimate of drug-likeness (QED) is 0.838. The van der Waals surface area contributed by atoms with Crippen LogP contribution < -0.4 is 5.32 Å². The molecule has 76 valence electrons. The van der Waals surface area contributed by atoms with Crippen molar-refractivity contribution in [3.05, 3.63) is 10.5 Å². The van der Waals surface area contributed by atoms with Crippen LogP contribution in [-0.4, -0.2) is 11.0 Å². The molecule has 1 heterocycles. The number of nitrogens with one attached hydrogen (secondary N) is 1. The van der Waals surface area contributed by atoms with Gasteiger partial charge >= 0.3 is 0 Å². The molecule has 0 saturated heterocycles. The van der Waals surface area contributed by atoms with Gasteiger partial charge in [-0.05, 0) is 24.7 Å². The zero-order valence-corrected chi connectivity index (χ0v) is 9.50. The van der Waals surface area contributed by atoms with Crippen LogP contribution in [0.15, 0.2) is 6.20 Å². The summed E-state index contributed by atoms with van der Waals surface area (Å²) in [7, 11) is 0. The molecule has 1 aromatic rings. The number of aromatic nitrogens is 1. The average molecular weight is 229 g/mol. The molecule has 1 aromatic heterocycles. The van der Waals surface area contributed by atoms with E-state index in [2.05, 4.69) is 10.3 Å². The average Bonchev–Trinajstić information content (AvgIpc) is 2.52. The minimum Gasteiger partial charge on any atom is -0.358 e. The summed E-state index contributed by atoms with van der Waals surface area (Å²) < 4.78 is 0.772. The molecule has 0 amide bonds. The summed E-state index contributed by atoms with van der Waals surface area (Å²) in [6.45, 7) is 0. The van der Waals surface area contributed by atoms with Crippen LogP contribution in [0, 0.1) is 5.41 Å². The van der Waals surface area contributed by atoms with E-state index in [0.717, 1.165) is 9.47 Å². The highest BCUT2D eigenvalue weighted by Gasteiger charge is 2.55. The van der Waals surface area contributed by atoms with Gasteiger partial charge in [-0.2, -0.15) is 0 Å². The third-order valence-electron chi connectivity index (χ3n) is 3.56. The summed E-state index contributed by atoms with van der Waals surface area (Å²) in [5.74, 6) is 0. The smallest absolute Gasteiger partial charge is 0.184 e. The van der Waals surface area contributed by atoms with Gasteiger partial charge in [0.1, 0.15) is 4.34 Å². The molecule has 1 N–H and O–H groups in total. The minimum atomic E-state index is 0.637. The molecule has 2 aliphatic rings. The molecule has 2 fully saturated rings. The molecule has 3 rings (SSSR count). The van der Waals surface area contributed by atoms with E-state index in [9.17, 15) is 0 Å². The molecule has 0 aromatic carbocycles. The monoisotopic (exact) mass is 228 g/mol. The molecule has 0 radical (unpaired) electrons. The van der Waals surface area contributed by atoms with Gasteiger partial charge < -0.3 is 5.32 Å². The van der Waals surface area contributed by atoms with Crippen LogP contribution in [0.1, 0.15) is 32.1 Å². The first-order valence-corrected chi connectivity index (χ1v) is 6.36. The molecular weight excluding hydrogens is 216 g/mol. The second kappa shape index (κ2) is 3.11. The van der Waals surface area contributed by atoms with Gasteiger partial charge in [0.2, 0.25) is 0 Å². The van der Waals surface area contributed by atoms with Crippen LogP contribution in [0.4, 0.5) is 5.13 Å². The van der Waals surface area contributed by atoms with Crippen molar-refractivity contribution in [2.45, 2.75) is 38.1 Å². The Morgan fingerprint density at radius 2 is 2.29 bits per heavy atom. The molecule has 1 atom stereocenters. The highest BCUT2D eigenvalue weighted by Crippen LogP contribution is 2.59. The lowest BCUT2D eigenvalue weighted by Crippen LogP contribution is -2.10. The fourth-order valence-corrected chi connectivity index (χ4v) is 3.52. The second-order valence-electron chi connectivity index (χ2n) is 4.44. The topological polar surface area (TPSA) is 24.9 Å². The number of halogens is 1. The van der Waals surface area contributed by atoms with Gasteiger partial charge in [-0.3, -0.25) is 0 Å². The van der Waals surface area contributed by atoms with E-state index in [0.29, 0.717) is 11.5 Å². The predicted octanol–water partition coefficient (Wildman–Crippen LogP) is 3.54. The summed E-state index contributed by atoms with van der Waals surface area (Å²) in [5, 5.41) is 4.48. The maximum atomic E-state index is 5.83. The van der Waals surface area contributed by atoms with E-state index in [1.807, 2.05) is 0 Å². The van der Waals surface area contributed by atoms with Crippen LogP contribution in [-0.2, 0) is 0 Å². The standard InChI is InChI=1S/C10H13ClN2S/c11-8-6-12-9(14-8)13-7-5-10(7)3-1-2-4-10/h6-7H,1-5H2,(H,12,13). The number of rotatable bonds is 2. The normalized spacial score (nSPS) is 28.2. The van der Waals surface area contributed by atoms with Gasteiger partial charge in [0, 0.05) is 6.04 Å². The molecule has 1 spiro atoms. The second-order valence-corrected chi connectivity index (χ2v) is 6.10. The minimum absolute atomic E-state index is 0.637. The van der Waals surface area contributed by atoms with E-state index < -0.39 is 0 Å². The van der Waals surface area contributed by atoms with Gasteiger partial charge in [-0.25, -0.2) is 4.98 Å². The molecule has 2 saturated carbocycles. The van der Waals surface area contributed by atoms with Gasteiger partial charge in [0.15, 0.2) is 5.13 Å². The van der Waals surface area contributed by atoms with Gasteiger partial charge in [0.05, 0.1) is 6.20 Å². The third-order valence-corrected chi connectivity index (χ3v) is 4.61. The Balaban J connectivity index is 1.65. The van der Waals surface area contributed by atoms with Crippen LogP contribution >= 0.6 is 22.9 Å². The van der Waals surface area contributed by atoms with Crippen molar-refractivity contribution in [1.82, 2.24) is 4.98 Å². The Labute approximate surface area is 92.7 Å². The Hall–Kier alpha value is -0.280. The highest BCUT2D eigenvalue weighted by molar-refractivity contribution is 7.19. The van der Waals surface area contributed by atoms with Crippen molar-refractivity contribution in [3.8, 4) is 0 Å². The van der Waals surface area contributed by atoms with Crippen LogP contribution in [0.2, 0.25) is 4.34 Å². The van der Waals surface area contributed by atoms with E-state index in [1.165, 1.54) is 32.1 Å². The number of thiazole rings is 1. The first-order valence-electron chi connectivity index (χ1n) is 5.16. The maximum absolute atomic E-state index is 5.83. The molecule has 14 heavy (non-hydrogen) atoms. The van der Waals surface area contributed by atoms with Crippen molar-refractivity contribution >= 4 is 28.1 Å². The molecular formula is C10H13ClN2S. The number of anilines is 1. The van der Waals surface area contributed by atoms with E-state index in [4.69, 9.17) is 11.6 Å². The van der Waals surface area contributed by atoms with Crippen LogP contribution in [0.5, 0.6) is 0 Å². The molecule has 1 unspecified atom stereocenters. The van der Waals surface area contributed by atoms with Crippen LogP contribution in [0.25, 0.3) is 0 Å². The molecule has 2 nitrogen and oxygen atoms in total. The van der Waals surface area contributed by atoms with E-state index in [-0.39, 0.29) is 0 Å². The zero-order valence-electron chi connectivity index (χ0n) is 7.92. The van der Waals surface area contributed by atoms with E-state index in [1.54, 1.807) is 17.5 Å². The lowest BCUT2D eigenvalue weighted by Gasteiger charge is -2.07. The summed E-state index contributed by atoms with van der Waals surface area (Å²) in [6.07, 6.45) is 8.70. The largest absolute Gasteiger partial charge is 0.358 e. The van der Waals surface area contributed by atoms with Crippen molar-refractivity contribution in [2.75, 3.05) is 5.32 Å². The van der Waals surface area contributed by atoms with Gasteiger partial charge in [-0.15, -0.1) is 0 Å². The molecule has 0 aliphatic heterocycles. The number of nitrogens with zero attached hydrogens (tertiary/aromatic N) is 1. The van der Waals surface area contributed by atoms with Gasteiger partial charge in [-0.1, -0.05) is 35.8 Å². The summed E-state index contributed by atoms with van der Waals surface area (Å²) in [4.78, 5) is 4.23. The lowest BCUT2D eigenvalue weighted by molar-refractivity contribution is 0.520. The molecule has 4 heteroatoms. The fourth-order valence-electron chi connectivity index (χ4n) is 2.65. The van der Waals surface area contributed by atoms with Crippen molar-refractivity contribution in [3.63, 3.8) is 0 Å². The Bertz CT molecular complexity index is 344. The number of hydrogen-bond donors (Lipinski definition) is 1. The SMILES string of the molecule is Clc1cnc(NC2CC23CCCC3)s1. The zero-order chi connectivity index (χ0) is 9.60. The maximum Gasteiger partial charge on any atom is 0.184 e. The Morgan fingerprint density at radius 1 is 1.50 bits per heavy atom. The molecule has 2 aliphatic carbocycles. The summed E-state index contributed by atoms with van der Waals surface area (Å²) in [6, 6.07) is 0.673. The molecule has 0 bridgehead atoms. The summed E-state index contributed by atoms with van der Waals surface area (Å²) in [5.41, 5.74) is 0.637. The summed E-state index contributed by atoms with van der Waals surface area (Å²) >= 11 is 7.37. The number of hydrogen-bond acceptors (Lipinski definition) is 3. The van der Waals surface area contributed by atoms with Crippen LogP contribution in [0.3, 0.4) is 0 Å². The van der Waals surface area contributed by atoms with E-state index >= 15 is 0 Å². The highest BCUT2D eigenvalue weighted by atomic mass is 35.5. The van der Waals surface area contributed by atoms with Crippen molar-refractivity contribution in [2.24, 2.45) is 5.41 Å². The predicted molar refractivity (Wildman–Crippen MR) is 60.1 cm³/mol. The van der Waals surface area contributed by atoms with Gasteiger partial charge in [0.25, 0.3) is 0 Å². The first kappa shape index (κ1) is 8.98.